The molecule has 4 heteroatoms. The van der Waals surface area contributed by atoms with Crippen molar-refractivity contribution >= 4 is 60.7 Å². The zero-order valence-electron chi connectivity index (χ0n) is 41.4. The van der Waals surface area contributed by atoms with E-state index in [4.69, 9.17) is 9.15 Å². The zero-order valence-corrected chi connectivity index (χ0v) is 41.4. The molecule has 13 aromatic rings. The third kappa shape index (κ3) is 7.14. The van der Waals surface area contributed by atoms with Gasteiger partial charge < -0.3 is 18.6 Å². The van der Waals surface area contributed by atoms with Crippen LogP contribution in [-0.4, -0.2) is 10.7 Å². The highest BCUT2D eigenvalue weighted by molar-refractivity contribution is 6.20. The molecule has 2 unspecified atom stereocenters. The Morgan fingerprint density at radius 2 is 0.921 bits per heavy atom. The van der Waals surface area contributed by atoms with Crippen LogP contribution in [0.25, 0.3) is 105 Å². The summed E-state index contributed by atoms with van der Waals surface area (Å²) in [5.74, 6) is 1.20. The van der Waals surface area contributed by atoms with Gasteiger partial charge in [0.05, 0.1) is 11.2 Å². The van der Waals surface area contributed by atoms with Crippen LogP contribution in [0.3, 0.4) is 0 Å². The summed E-state index contributed by atoms with van der Waals surface area (Å²) >= 11 is 0. The lowest BCUT2D eigenvalue weighted by atomic mass is 9.90. The van der Waals surface area contributed by atoms with Crippen molar-refractivity contribution in [1.29, 1.82) is 0 Å². The van der Waals surface area contributed by atoms with Gasteiger partial charge in [-0.3, -0.25) is 0 Å². The molecule has 0 saturated carbocycles. The van der Waals surface area contributed by atoms with E-state index in [0.29, 0.717) is 0 Å². The molecule has 0 fully saturated rings. The lowest BCUT2D eigenvalue weighted by molar-refractivity contribution is 0.270. The van der Waals surface area contributed by atoms with Gasteiger partial charge in [0.25, 0.3) is 0 Å². The van der Waals surface area contributed by atoms with Gasteiger partial charge in [0.1, 0.15) is 23.0 Å². The Morgan fingerprint density at radius 1 is 0.382 bits per heavy atom. The highest BCUT2D eigenvalue weighted by atomic mass is 16.5. The molecule has 4 nitrogen and oxygen atoms in total. The SMILES string of the molecule is C1=CC2Oc3c(-c4ccc(N(c5ccc(-c6cc7c(-c8ccccc8)c(-c8ccccc8)n(-c8ccccc8)c7c7ccccc67)cc5)c5ccc(-c6cccc7c6oc6ccccc67)cc5)cc4)cccc3C2C=C1. The number of fused-ring (bicyclic) bond motifs is 9. The smallest absolute Gasteiger partial charge is 0.143 e. The fourth-order valence-corrected chi connectivity index (χ4v) is 12.1. The molecule has 0 spiro atoms. The molecular formula is C72H48N2O2. The number of para-hydroxylation sites is 4. The number of aromatic nitrogens is 1. The fraction of sp³-hybridized carbons (Fsp3) is 0.0278. The van der Waals surface area contributed by atoms with Crippen LogP contribution in [0.2, 0.25) is 0 Å². The van der Waals surface area contributed by atoms with Crippen LogP contribution in [0.15, 0.2) is 284 Å². The molecule has 15 rings (SSSR count). The predicted octanol–water partition coefficient (Wildman–Crippen LogP) is 19.5. The van der Waals surface area contributed by atoms with E-state index in [-0.39, 0.29) is 12.0 Å². The maximum absolute atomic E-state index is 6.62. The molecule has 3 heterocycles. The van der Waals surface area contributed by atoms with E-state index in [9.17, 15) is 0 Å². The van der Waals surface area contributed by atoms with Crippen molar-refractivity contribution in [3.05, 3.63) is 285 Å². The van der Waals surface area contributed by atoms with Crippen molar-refractivity contribution in [2.45, 2.75) is 12.0 Å². The normalized spacial score (nSPS) is 14.6. The van der Waals surface area contributed by atoms with Crippen LogP contribution in [-0.2, 0) is 0 Å². The van der Waals surface area contributed by atoms with Crippen LogP contribution in [0, 0.1) is 0 Å². The molecule has 1 aliphatic heterocycles. The van der Waals surface area contributed by atoms with Gasteiger partial charge in [0.2, 0.25) is 0 Å². The molecular weight excluding hydrogens is 925 g/mol. The number of ether oxygens (including phenoxy) is 1. The Hall–Kier alpha value is -9.90. The molecule has 0 bridgehead atoms. The average Bonchev–Trinajstić information content (AvgIpc) is 4.21. The van der Waals surface area contributed by atoms with Crippen molar-refractivity contribution in [2.24, 2.45) is 0 Å². The molecule has 0 amide bonds. The second-order valence-electron chi connectivity index (χ2n) is 19.9. The van der Waals surface area contributed by atoms with Gasteiger partial charge in [-0.2, -0.15) is 0 Å². The third-order valence-electron chi connectivity index (χ3n) is 15.6. The highest BCUT2D eigenvalue weighted by Gasteiger charge is 2.34. The maximum Gasteiger partial charge on any atom is 0.143 e. The van der Waals surface area contributed by atoms with Gasteiger partial charge in [0.15, 0.2) is 0 Å². The van der Waals surface area contributed by atoms with Gasteiger partial charge in [-0.1, -0.05) is 212 Å². The quantitative estimate of drug-likeness (QED) is 0.144. The maximum atomic E-state index is 6.62. The van der Waals surface area contributed by atoms with Crippen LogP contribution in [0.4, 0.5) is 17.1 Å². The molecule has 0 radical (unpaired) electrons. The first-order valence-corrected chi connectivity index (χ1v) is 26.1. The summed E-state index contributed by atoms with van der Waals surface area (Å²) in [5.41, 5.74) is 19.9. The first-order valence-electron chi connectivity index (χ1n) is 26.1. The van der Waals surface area contributed by atoms with Crippen molar-refractivity contribution in [3.8, 4) is 67.2 Å². The number of hydrogen-bond acceptors (Lipinski definition) is 3. The predicted molar refractivity (Wildman–Crippen MR) is 315 cm³/mol. The first kappa shape index (κ1) is 43.7. The molecule has 2 atom stereocenters. The monoisotopic (exact) mass is 972 g/mol. The lowest BCUT2D eigenvalue weighted by Gasteiger charge is -2.26. The van der Waals surface area contributed by atoms with Gasteiger partial charge in [-0.05, 0) is 106 Å². The number of nitrogens with zero attached hydrogens (tertiary/aromatic N) is 2. The van der Waals surface area contributed by atoms with Crippen LogP contribution < -0.4 is 9.64 Å². The van der Waals surface area contributed by atoms with Gasteiger partial charge >= 0.3 is 0 Å². The number of anilines is 3. The molecule has 0 saturated heterocycles. The molecule has 358 valence electrons. The van der Waals surface area contributed by atoms with Crippen LogP contribution in [0.1, 0.15) is 11.5 Å². The fourth-order valence-electron chi connectivity index (χ4n) is 12.1. The summed E-state index contributed by atoms with van der Waals surface area (Å²) < 4.78 is 15.6. The minimum Gasteiger partial charge on any atom is -0.484 e. The van der Waals surface area contributed by atoms with E-state index in [1.54, 1.807) is 0 Å². The number of allylic oxidation sites excluding steroid dienone is 2. The van der Waals surface area contributed by atoms with E-state index in [1.807, 2.05) is 12.1 Å². The van der Waals surface area contributed by atoms with Gasteiger partial charge in [0, 0.05) is 72.5 Å². The van der Waals surface area contributed by atoms with Crippen LogP contribution in [0.5, 0.6) is 5.75 Å². The molecule has 2 aromatic heterocycles. The summed E-state index contributed by atoms with van der Waals surface area (Å²) in [7, 11) is 0. The standard InChI is InChI=1S/C72H48N2O2/c1-4-18-50(19-5-1)68-65-46-64(58-24-10-11-27-61(58)70(65)74(52-22-8-3-9-23-52)69(68)51-20-6-2-7-21-51)49-38-44-55(45-39-49)73(53-40-34-47(35-41-53)56-28-16-30-62-59-25-12-14-32-66(59)75-71(56)62)54-42-36-48(37-43-54)57-29-17-31-63-60-26-13-15-33-67(60)76-72(57)63/h1-46,59,66H. The molecule has 2 aliphatic rings. The van der Waals surface area contributed by atoms with Crippen molar-refractivity contribution in [2.75, 3.05) is 4.90 Å². The Bertz CT molecular complexity index is 4400. The minimum atomic E-state index is 0.0219. The summed E-state index contributed by atoms with van der Waals surface area (Å²) in [4.78, 5) is 2.36. The lowest BCUT2D eigenvalue weighted by Crippen LogP contribution is -2.15. The van der Waals surface area contributed by atoms with E-state index in [2.05, 4.69) is 276 Å². The van der Waals surface area contributed by atoms with Crippen molar-refractivity contribution in [3.63, 3.8) is 0 Å². The van der Waals surface area contributed by atoms with Crippen molar-refractivity contribution < 1.29 is 9.15 Å². The summed E-state index contributed by atoms with van der Waals surface area (Å²) in [6, 6.07) is 92.1. The van der Waals surface area contributed by atoms with E-state index in [0.717, 1.165) is 83.8 Å². The zero-order chi connectivity index (χ0) is 50.1. The average molecular weight is 973 g/mol. The molecule has 11 aromatic carbocycles. The number of rotatable bonds is 9. The molecule has 0 N–H and O–H groups in total. The second-order valence-corrected chi connectivity index (χ2v) is 19.9. The molecule has 1 aliphatic carbocycles. The van der Waals surface area contributed by atoms with Crippen LogP contribution >= 0.6 is 0 Å². The minimum absolute atomic E-state index is 0.0219. The molecule has 76 heavy (non-hydrogen) atoms. The number of hydrogen-bond donors (Lipinski definition) is 0. The largest absolute Gasteiger partial charge is 0.484 e. The Balaban J connectivity index is 0.876. The van der Waals surface area contributed by atoms with E-state index >= 15 is 0 Å². The summed E-state index contributed by atoms with van der Waals surface area (Å²) in [6.45, 7) is 0. The number of benzene rings is 11. The highest BCUT2D eigenvalue weighted by Crippen LogP contribution is 2.50. The Kier molecular flexibility index (Phi) is 10.3. The summed E-state index contributed by atoms with van der Waals surface area (Å²) in [6.07, 6.45) is 8.65. The number of furan rings is 1. The Morgan fingerprint density at radius 3 is 1.62 bits per heavy atom. The van der Waals surface area contributed by atoms with E-state index < -0.39 is 0 Å². The topological polar surface area (TPSA) is 30.5 Å². The Labute approximate surface area is 441 Å². The van der Waals surface area contributed by atoms with Gasteiger partial charge in [-0.25, -0.2) is 0 Å². The summed E-state index contributed by atoms with van der Waals surface area (Å²) in [5, 5.41) is 5.84. The second kappa shape index (κ2) is 17.9. The van der Waals surface area contributed by atoms with Crippen molar-refractivity contribution in [1.82, 2.24) is 4.57 Å². The van der Waals surface area contributed by atoms with Gasteiger partial charge in [-0.15, -0.1) is 0 Å². The first-order chi connectivity index (χ1) is 37.7. The van der Waals surface area contributed by atoms with E-state index in [1.165, 1.54) is 49.6 Å². The third-order valence-corrected chi connectivity index (χ3v) is 15.6.